The first-order valence-electron chi connectivity index (χ1n) is 12.6. The van der Waals surface area contributed by atoms with Crippen LogP contribution in [0, 0.1) is 12.3 Å². The zero-order chi connectivity index (χ0) is 28.6. The van der Waals surface area contributed by atoms with Crippen molar-refractivity contribution >= 4 is 27.7 Å². The van der Waals surface area contributed by atoms with Crippen molar-refractivity contribution in [1.82, 2.24) is 4.72 Å². The molecule has 2 atom stereocenters. The number of ketones is 1. The molecule has 9 heteroatoms. The van der Waals surface area contributed by atoms with Crippen LogP contribution in [-0.4, -0.2) is 38.8 Å². The van der Waals surface area contributed by atoms with Crippen LogP contribution >= 0.6 is 0 Å². The second kappa shape index (κ2) is 12.8. The second-order valence-corrected chi connectivity index (χ2v) is 10.9. The summed E-state index contributed by atoms with van der Waals surface area (Å²) in [6, 6.07) is 21.9. The number of benzene rings is 3. The molecule has 0 saturated carbocycles. The first kappa shape index (κ1) is 29.7. The molecule has 0 fully saturated rings. The van der Waals surface area contributed by atoms with Crippen molar-refractivity contribution in [3.8, 4) is 0 Å². The third-order valence-electron chi connectivity index (χ3n) is 6.46. The highest BCUT2D eigenvalue weighted by atomic mass is 32.2. The molecule has 3 aromatic carbocycles. The maximum atomic E-state index is 14.0. The Bertz CT molecular complexity index is 1350. The fraction of sp³-hybridized carbons (Fsp3) is 0.300. The van der Waals surface area contributed by atoms with E-state index in [-0.39, 0.29) is 17.9 Å². The van der Waals surface area contributed by atoms with Gasteiger partial charge in [0.25, 0.3) is 0 Å². The predicted octanol–water partition coefficient (Wildman–Crippen LogP) is 4.52. The van der Waals surface area contributed by atoms with E-state index in [0.29, 0.717) is 11.1 Å². The standard InChI is InChI=1S/C30H33NO7S/c1-5-25(32)30(4,27(28(33)37-6-2)31-39(35,36)24-19-17-21(3)18-20-24)29(34)38-26(22-13-9-7-10-14-22)23-15-11-8-12-16-23/h7-20,26-27,31H,5-6H2,1-4H3. The minimum Gasteiger partial charge on any atom is -0.465 e. The van der Waals surface area contributed by atoms with Crippen LogP contribution in [0.3, 0.4) is 0 Å². The summed E-state index contributed by atoms with van der Waals surface area (Å²) in [7, 11) is -4.34. The van der Waals surface area contributed by atoms with Gasteiger partial charge in [-0.05, 0) is 44.0 Å². The zero-order valence-corrected chi connectivity index (χ0v) is 23.2. The first-order chi connectivity index (χ1) is 18.5. The largest absolute Gasteiger partial charge is 0.465 e. The molecule has 0 bridgehead atoms. The number of esters is 2. The molecule has 0 saturated heterocycles. The van der Waals surface area contributed by atoms with E-state index in [1.54, 1.807) is 74.5 Å². The van der Waals surface area contributed by atoms with Gasteiger partial charge in [-0.3, -0.25) is 14.4 Å². The number of sulfonamides is 1. The lowest BCUT2D eigenvalue weighted by Gasteiger charge is -2.34. The van der Waals surface area contributed by atoms with Gasteiger partial charge in [0.15, 0.2) is 17.3 Å². The van der Waals surface area contributed by atoms with Gasteiger partial charge in [0.05, 0.1) is 11.5 Å². The van der Waals surface area contributed by atoms with E-state index in [4.69, 9.17) is 9.47 Å². The van der Waals surface area contributed by atoms with E-state index in [1.807, 2.05) is 12.1 Å². The van der Waals surface area contributed by atoms with Gasteiger partial charge in [-0.15, -0.1) is 0 Å². The Labute approximate surface area is 229 Å². The molecule has 206 valence electrons. The summed E-state index contributed by atoms with van der Waals surface area (Å²) in [5, 5.41) is 0. The Balaban J connectivity index is 2.09. The lowest BCUT2D eigenvalue weighted by Crippen LogP contribution is -2.59. The fourth-order valence-corrected chi connectivity index (χ4v) is 5.41. The van der Waals surface area contributed by atoms with Crippen LogP contribution < -0.4 is 4.72 Å². The molecule has 3 aromatic rings. The van der Waals surface area contributed by atoms with Crippen molar-refractivity contribution in [2.75, 3.05) is 6.61 Å². The molecule has 8 nitrogen and oxygen atoms in total. The normalized spacial score (nSPS) is 13.8. The summed E-state index contributed by atoms with van der Waals surface area (Å²) in [6.45, 7) is 5.99. The molecule has 0 aliphatic carbocycles. The van der Waals surface area contributed by atoms with E-state index in [2.05, 4.69) is 4.72 Å². The highest BCUT2D eigenvalue weighted by molar-refractivity contribution is 7.89. The van der Waals surface area contributed by atoms with E-state index < -0.39 is 45.3 Å². The molecule has 39 heavy (non-hydrogen) atoms. The quantitative estimate of drug-likeness (QED) is 0.260. The van der Waals surface area contributed by atoms with Crippen LogP contribution in [0.5, 0.6) is 0 Å². The number of hydrogen-bond donors (Lipinski definition) is 1. The minimum absolute atomic E-state index is 0.0936. The van der Waals surface area contributed by atoms with E-state index in [9.17, 15) is 22.8 Å². The molecular formula is C30H33NO7S. The molecular weight excluding hydrogens is 518 g/mol. The average Bonchev–Trinajstić information content (AvgIpc) is 2.94. The molecule has 0 aliphatic rings. The molecule has 2 unspecified atom stereocenters. The monoisotopic (exact) mass is 551 g/mol. The number of Topliss-reactive ketones (excluding diaryl/α,β-unsaturated/α-hetero) is 1. The van der Waals surface area contributed by atoms with Gasteiger partial charge in [0.1, 0.15) is 6.04 Å². The Morgan fingerprint density at radius 2 is 1.36 bits per heavy atom. The molecule has 0 spiro atoms. The maximum Gasteiger partial charge on any atom is 0.325 e. The van der Waals surface area contributed by atoms with Crippen molar-refractivity contribution < 1.29 is 32.3 Å². The first-order valence-corrected chi connectivity index (χ1v) is 14.1. The molecule has 0 amide bonds. The summed E-state index contributed by atoms with van der Waals surface area (Å²) in [4.78, 5) is 40.4. The third kappa shape index (κ3) is 6.79. The molecule has 0 aromatic heterocycles. The molecule has 3 rings (SSSR count). The van der Waals surface area contributed by atoms with Gasteiger partial charge in [-0.1, -0.05) is 85.3 Å². The van der Waals surface area contributed by atoms with Crippen LogP contribution in [0.4, 0.5) is 0 Å². The zero-order valence-electron chi connectivity index (χ0n) is 22.4. The number of rotatable bonds is 12. The van der Waals surface area contributed by atoms with Crippen LogP contribution in [0.1, 0.15) is 50.0 Å². The second-order valence-electron chi connectivity index (χ2n) is 9.21. The molecule has 0 radical (unpaired) electrons. The highest BCUT2D eigenvalue weighted by Crippen LogP contribution is 2.34. The average molecular weight is 552 g/mol. The van der Waals surface area contributed by atoms with Gasteiger partial charge in [0, 0.05) is 6.42 Å². The fourth-order valence-electron chi connectivity index (χ4n) is 4.14. The van der Waals surface area contributed by atoms with Gasteiger partial charge < -0.3 is 9.47 Å². The van der Waals surface area contributed by atoms with Crippen molar-refractivity contribution in [2.24, 2.45) is 5.41 Å². The lowest BCUT2D eigenvalue weighted by atomic mass is 9.77. The Morgan fingerprint density at radius 1 is 0.846 bits per heavy atom. The van der Waals surface area contributed by atoms with Gasteiger partial charge in [-0.2, -0.15) is 4.72 Å². The number of carbonyl (C=O) groups excluding carboxylic acids is 3. The van der Waals surface area contributed by atoms with Gasteiger partial charge >= 0.3 is 11.9 Å². The van der Waals surface area contributed by atoms with Crippen molar-refractivity contribution in [3.05, 3.63) is 102 Å². The summed E-state index contributed by atoms with van der Waals surface area (Å²) in [5.41, 5.74) is -0.133. The van der Waals surface area contributed by atoms with Gasteiger partial charge in [-0.25, -0.2) is 8.42 Å². The van der Waals surface area contributed by atoms with E-state index in [1.165, 1.54) is 26.0 Å². The molecule has 0 heterocycles. The van der Waals surface area contributed by atoms with Gasteiger partial charge in [0.2, 0.25) is 10.0 Å². The van der Waals surface area contributed by atoms with E-state index >= 15 is 0 Å². The predicted molar refractivity (Wildman–Crippen MR) is 146 cm³/mol. The summed E-state index contributed by atoms with van der Waals surface area (Å²) >= 11 is 0. The number of aryl methyl sites for hydroxylation is 1. The summed E-state index contributed by atoms with van der Waals surface area (Å²) in [5.74, 6) is -2.81. The van der Waals surface area contributed by atoms with Crippen LogP contribution in [-0.2, 0) is 33.9 Å². The van der Waals surface area contributed by atoms with Crippen LogP contribution in [0.25, 0.3) is 0 Å². The van der Waals surface area contributed by atoms with E-state index in [0.717, 1.165) is 5.56 Å². The third-order valence-corrected chi connectivity index (χ3v) is 7.90. The Morgan fingerprint density at radius 3 is 1.82 bits per heavy atom. The Kier molecular flexibility index (Phi) is 9.77. The van der Waals surface area contributed by atoms with Crippen molar-refractivity contribution in [3.63, 3.8) is 0 Å². The maximum absolute atomic E-state index is 14.0. The summed E-state index contributed by atoms with van der Waals surface area (Å²) in [6.07, 6.45) is -1.07. The molecule has 0 aliphatic heterocycles. The highest BCUT2D eigenvalue weighted by Gasteiger charge is 2.54. The summed E-state index contributed by atoms with van der Waals surface area (Å²) < 4.78 is 40.0. The number of hydrogen-bond acceptors (Lipinski definition) is 7. The smallest absolute Gasteiger partial charge is 0.325 e. The lowest BCUT2D eigenvalue weighted by molar-refractivity contribution is -0.170. The van der Waals surface area contributed by atoms with Crippen LogP contribution in [0.2, 0.25) is 0 Å². The number of carbonyl (C=O) groups is 3. The Hall–Kier alpha value is -3.82. The number of ether oxygens (including phenoxy) is 2. The van der Waals surface area contributed by atoms with Crippen LogP contribution in [0.15, 0.2) is 89.8 Å². The molecule has 1 N–H and O–H groups in total. The minimum atomic E-state index is -4.34. The topological polar surface area (TPSA) is 116 Å². The van der Waals surface area contributed by atoms with Crippen molar-refractivity contribution in [1.29, 1.82) is 0 Å². The SMILES string of the molecule is CCOC(=O)C(NS(=O)(=O)c1ccc(C)cc1)C(C)(C(=O)CC)C(=O)OC(c1ccccc1)c1ccccc1. The van der Waals surface area contributed by atoms with Crippen molar-refractivity contribution in [2.45, 2.75) is 51.2 Å². The number of nitrogens with one attached hydrogen (secondary N) is 1.